The van der Waals surface area contributed by atoms with Crippen molar-refractivity contribution in [3.05, 3.63) is 48.6 Å². The van der Waals surface area contributed by atoms with E-state index >= 15 is 0 Å². The normalized spacial score (nSPS) is 15.1. The maximum absolute atomic E-state index is 5.55. The minimum atomic E-state index is 0.707. The summed E-state index contributed by atoms with van der Waals surface area (Å²) >= 11 is 5.55. The van der Waals surface area contributed by atoms with E-state index in [0.717, 1.165) is 50.9 Å². The maximum Gasteiger partial charge on any atom is 0.169 e. The van der Waals surface area contributed by atoms with Gasteiger partial charge in [0.15, 0.2) is 5.11 Å². The summed E-state index contributed by atoms with van der Waals surface area (Å²) < 4.78 is 5.42. The van der Waals surface area contributed by atoms with Crippen LogP contribution in [0, 0.1) is 0 Å². The van der Waals surface area contributed by atoms with Crippen LogP contribution in [0.25, 0.3) is 0 Å². The fraction of sp³-hybridized carbons (Fsp3) is 0.500. The Kier molecular flexibility index (Phi) is 8.07. The van der Waals surface area contributed by atoms with Gasteiger partial charge >= 0.3 is 0 Å². The molecule has 0 saturated carbocycles. The number of hydrogen-bond donors (Lipinski definition) is 2. The molecule has 23 heavy (non-hydrogen) atoms. The predicted octanol–water partition coefficient (Wildman–Crippen LogP) is 0.854. The molecule has 0 atom stereocenters. The Balaban J connectivity index is 1.84. The molecule has 0 aromatic heterocycles. The molecule has 2 rings (SSSR count). The second-order valence-electron chi connectivity index (χ2n) is 5.85. The van der Waals surface area contributed by atoms with Crippen molar-refractivity contribution >= 4 is 17.3 Å². The van der Waals surface area contributed by atoms with E-state index < -0.39 is 0 Å². The Bertz CT molecular complexity index is 474. The van der Waals surface area contributed by atoms with Crippen molar-refractivity contribution in [3.63, 3.8) is 0 Å². The number of nitrogens with one attached hydrogen (secondary N) is 2. The smallest absolute Gasteiger partial charge is 0.169 e. The molecule has 0 bridgehead atoms. The van der Waals surface area contributed by atoms with Crippen molar-refractivity contribution in [2.45, 2.75) is 13.0 Å². The Morgan fingerprint density at radius 2 is 2.04 bits per heavy atom. The quantitative estimate of drug-likeness (QED) is 0.545. The summed E-state index contributed by atoms with van der Waals surface area (Å²) in [5, 5.41) is 4.06. The van der Waals surface area contributed by atoms with Crippen LogP contribution >= 0.6 is 12.2 Å². The second-order valence-corrected chi connectivity index (χ2v) is 6.23. The summed E-state index contributed by atoms with van der Waals surface area (Å²) in [6.07, 6.45) is 2.98. The molecule has 0 radical (unpaired) electrons. The summed E-state index contributed by atoms with van der Waals surface area (Å²) in [5.41, 5.74) is 1.29. The third kappa shape index (κ3) is 6.69. The number of ether oxygens (including phenoxy) is 1. The van der Waals surface area contributed by atoms with Crippen LogP contribution in [-0.2, 0) is 11.3 Å². The minimum absolute atomic E-state index is 0.707. The molecule has 0 unspecified atom stereocenters. The lowest BCUT2D eigenvalue weighted by Gasteiger charge is -2.28. The van der Waals surface area contributed by atoms with Crippen LogP contribution < -0.4 is 10.2 Å². The molecule has 5 heteroatoms. The zero-order chi connectivity index (χ0) is 16.3. The van der Waals surface area contributed by atoms with Gasteiger partial charge < -0.3 is 19.9 Å². The molecule has 1 heterocycles. The topological polar surface area (TPSA) is 28.9 Å². The van der Waals surface area contributed by atoms with Crippen LogP contribution in [0.5, 0.6) is 0 Å². The van der Waals surface area contributed by atoms with Gasteiger partial charge in [-0.2, -0.15) is 0 Å². The Labute approximate surface area is 145 Å². The molecule has 0 amide bonds. The Hall–Kier alpha value is -1.43. The second kappa shape index (κ2) is 10.4. The van der Waals surface area contributed by atoms with Gasteiger partial charge in [0.2, 0.25) is 0 Å². The fourth-order valence-electron chi connectivity index (χ4n) is 2.76. The van der Waals surface area contributed by atoms with Crippen LogP contribution in [0.3, 0.4) is 0 Å². The van der Waals surface area contributed by atoms with Crippen molar-refractivity contribution in [2.75, 3.05) is 45.9 Å². The van der Waals surface area contributed by atoms with Crippen LogP contribution in [0.1, 0.15) is 12.0 Å². The van der Waals surface area contributed by atoms with E-state index in [2.05, 4.69) is 41.1 Å². The van der Waals surface area contributed by atoms with E-state index in [0.29, 0.717) is 6.54 Å². The molecule has 0 spiro atoms. The molecular weight excluding hydrogens is 306 g/mol. The van der Waals surface area contributed by atoms with Crippen molar-refractivity contribution in [1.82, 2.24) is 10.2 Å². The van der Waals surface area contributed by atoms with E-state index in [1.165, 1.54) is 12.1 Å². The third-order valence-corrected chi connectivity index (χ3v) is 4.46. The molecule has 126 valence electrons. The summed E-state index contributed by atoms with van der Waals surface area (Å²) in [7, 11) is 0. The van der Waals surface area contributed by atoms with Gasteiger partial charge in [-0.15, -0.1) is 6.58 Å². The van der Waals surface area contributed by atoms with E-state index in [-0.39, 0.29) is 0 Å². The van der Waals surface area contributed by atoms with Crippen molar-refractivity contribution < 1.29 is 9.64 Å². The molecular formula is C18H28N3OS+. The molecule has 1 fully saturated rings. The van der Waals surface area contributed by atoms with Gasteiger partial charge in [-0.1, -0.05) is 36.4 Å². The number of rotatable bonds is 8. The van der Waals surface area contributed by atoms with Gasteiger partial charge in [-0.05, 0) is 17.8 Å². The minimum Gasteiger partial charge on any atom is -0.370 e. The highest BCUT2D eigenvalue weighted by Crippen LogP contribution is 2.05. The van der Waals surface area contributed by atoms with Gasteiger partial charge in [-0.3, -0.25) is 0 Å². The molecule has 1 saturated heterocycles. The molecule has 2 N–H and O–H groups in total. The summed E-state index contributed by atoms with van der Waals surface area (Å²) in [6.45, 7) is 11.5. The molecule has 1 aliphatic heterocycles. The number of hydrogen-bond acceptors (Lipinski definition) is 2. The largest absolute Gasteiger partial charge is 0.370 e. The highest BCUT2D eigenvalue weighted by Gasteiger charge is 2.15. The number of thiocarbonyl (C=S) groups is 1. The lowest BCUT2D eigenvalue weighted by Crippen LogP contribution is -3.14. The monoisotopic (exact) mass is 334 g/mol. The summed E-state index contributed by atoms with van der Waals surface area (Å²) in [6, 6.07) is 10.5. The van der Waals surface area contributed by atoms with E-state index in [1.54, 1.807) is 4.90 Å². The molecule has 4 nitrogen and oxygen atoms in total. The highest BCUT2D eigenvalue weighted by molar-refractivity contribution is 7.80. The average molecular weight is 335 g/mol. The number of morpholine rings is 1. The van der Waals surface area contributed by atoms with Crippen LogP contribution in [0.4, 0.5) is 0 Å². The molecule has 1 aromatic rings. The van der Waals surface area contributed by atoms with Gasteiger partial charge in [0.1, 0.15) is 13.1 Å². The number of benzene rings is 1. The first-order valence-corrected chi connectivity index (χ1v) is 8.79. The Morgan fingerprint density at radius 1 is 1.30 bits per heavy atom. The maximum atomic E-state index is 5.55. The SMILES string of the molecule is C=CCNC(=S)N(CCC[NH+]1CCOCC1)Cc1ccccc1. The van der Waals surface area contributed by atoms with Crippen LogP contribution in [0.2, 0.25) is 0 Å². The van der Waals surface area contributed by atoms with Crippen molar-refractivity contribution in [2.24, 2.45) is 0 Å². The zero-order valence-electron chi connectivity index (χ0n) is 13.8. The first kappa shape index (κ1) is 17.9. The van der Waals surface area contributed by atoms with Gasteiger partial charge in [-0.25, -0.2) is 0 Å². The van der Waals surface area contributed by atoms with Crippen molar-refractivity contribution in [3.8, 4) is 0 Å². The van der Waals surface area contributed by atoms with Crippen LogP contribution in [-0.4, -0.2) is 55.9 Å². The highest BCUT2D eigenvalue weighted by atomic mass is 32.1. The van der Waals surface area contributed by atoms with E-state index in [1.807, 2.05) is 12.1 Å². The first-order chi connectivity index (χ1) is 11.3. The van der Waals surface area contributed by atoms with Gasteiger partial charge in [0, 0.05) is 26.1 Å². The van der Waals surface area contributed by atoms with Crippen LogP contribution in [0.15, 0.2) is 43.0 Å². The summed E-state index contributed by atoms with van der Waals surface area (Å²) in [5.74, 6) is 0. The fourth-order valence-corrected chi connectivity index (χ4v) is 3.00. The number of nitrogens with zero attached hydrogens (tertiary/aromatic N) is 1. The third-order valence-electron chi connectivity index (χ3n) is 4.06. The average Bonchev–Trinajstić information content (AvgIpc) is 2.60. The standard InChI is InChI=1S/C18H27N3OS/c1-2-9-19-18(23)21(16-17-7-4-3-5-8-17)11-6-10-20-12-14-22-15-13-20/h2-5,7-8H,1,6,9-16H2,(H,19,23)/p+1. The lowest BCUT2D eigenvalue weighted by atomic mass is 10.2. The molecule has 1 aliphatic rings. The first-order valence-electron chi connectivity index (χ1n) is 8.38. The van der Waals surface area contributed by atoms with E-state index in [4.69, 9.17) is 17.0 Å². The zero-order valence-corrected chi connectivity index (χ0v) is 14.6. The summed E-state index contributed by atoms with van der Waals surface area (Å²) in [4.78, 5) is 3.90. The van der Waals surface area contributed by atoms with E-state index in [9.17, 15) is 0 Å². The molecule has 1 aromatic carbocycles. The van der Waals surface area contributed by atoms with Crippen molar-refractivity contribution in [1.29, 1.82) is 0 Å². The van der Waals surface area contributed by atoms with Gasteiger partial charge in [0.25, 0.3) is 0 Å². The van der Waals surface area contributed by atoms with Gasteiger partial charge in [0.05, 0.1) is 19.8 Å². The number of quaternary nitrogens is 1. The predicted molar refractivity (Wildman–Crippen MR) is 98.6 cm³/mol. The lowest BCUT2D eigenvalue weighted by molar-refractivity contribution is -0.908. The Morgan fingerprint density at radius 3 is 2.74 bits per heavy atom. The molecule has 0 aliphatic carbocycles.